The number of alkyl halides is 1. The van der Waals surface area contributed by atoms with Crippen molar-refractivity contribution >= 4 is 17.5 Å². The fourth-order valence-electron chi connectivity index (χ4n) is 1.41. The van der Waals surface area contributed by atoms with Gasteiger partial charge in [-0.15, -0.1) is 11.6 Å². The molecule has 0 unspecified atom stereocenters. The number of hydrogen-bond donors (Lipinski definition) is 0. The van der Waals surface area contributed by atoms with E-state index in [1.807, 2.05) is 51.1 Å². The van der Waals surface area contributed by atoms with Crippen LogP contribution in [0.3, 0.4) is 0 Å². The lowest BCUT2D eigenvalue weighted by atomic mass is 10.1. The van der Waals surface area contributed by atoms with E-state index in [0.717, 1.165) is 5.56 Å². The summed E-state index contributed by atoms with van der Waals surface area (Å²) in [5.74, 6) is -0.304. The molecule has 94 valence electrons. The summed E-state index contributed by atoms with van der Waals surface area (Å²) in [4.78, 5) is 17.2. The second kappa shape index (κ2) is 6.03. The maximum Gasteiger partial charge on any atom is 0.261 e. The molecule has 1 amide bonds. The smallest absolute Gasteiger partial charge is 0.261 e. The van der Waals surface area contributed by atoms with Crippen LogP contribution in [0.4, 0.5) is 0 Å². The molecule has 1 rings (SSSR count). The van der Waals surface area contributed by atoms with Crippen LogP contribution >= 0.6 is 11.6 Å². The third-order valence-corrected chi connectivity index (χ3v) is 2.38. The topological polar surface area (TPSA) is 29.5 Å². The standard InChI is InChI=1S/C13H18ClNO2/c1-13(2,3)15(12(16)9-14)17-10-11-7-5-4-6-8-11/h4-8H,9-10H2,1-3H3. The van der Waals surface area contributed by atoms with E-state index in [-0.39, 0.29) is 11.8 Å². The molecule has 0 saturated heterocycles. The number of amides is 1. The number of rotatable bonds is 4. The predicted octanol–water partition coefficient (Wildman–Crippen LogP) is 2.98. The third-order valence-electron chi connectivity index (χ3n) is 2.15. The summed E-state index contributed by atoms with van der Waals surface area (Å²) in [6.45, 7) is 6.08. The number of carbonyl (C=O) groups is 1. The zero-order valence-electron chi connectivity index (χ0n) is 10.4. The van der Waals surface area contributed by atoms with Crippen molar-refractivity contribution in [2.45, 2.75) is 32.9 Å². The lowest BCUT2D eigenvalue weighted by molar-refractivity contribution is -0.217. The van der Waals surface area contributed by atoms with E-state index in [0.29, 0.717) is 6.61 Å². The van der Waals surface area contributed by atoms with Gasteiger partial charge in [0.2, 0.25) is 0 Å². The van der Waals surface area contributed by atoms with Gasteiger partial charge < -0.3 is 0 Å². The molecule has 0 heterocycles. The second-order valence-electron chi connectivity index (χ2n) is 4.75. The molecule has 0 bridgehead atoms. The average molecular weight is 256 g/mol. The Morgan fingerprint density at radius 1 is 1.29 bits per heavy atom. The van der Waals surface area contributed by atoms with Gasteiger partial charge in [0.15, 0.2) is 0 Å². The predicted molar refractivity (Wildman–Crippen MR) is 68.6 cm³/mol. The van der Waals surface area contributed by atoms with Crippen molar-refractivity contribution in [2.24, 2.45) is 0 Å². The molecular formula is C13H18ClNO2. The summed E-state index contributed by atoms with van der Waals surface area (Å²) in [6, 6.07) is 9.71. The van der Waals surface area contributed by atoms with E-state index in [2.05, 4.69) is 0 Å². The number of benzene rings is 1. The Labute approximate surface area is 107 Å². The zero-order valence-corrected chi connectivity index (χ0v) is 11.2. The van der Waals surface area contributed by atoms with Crippen LogP contribution in [0.5, 0.6) is 0 Å². The molecule has 0 aliphatic rings. The van der Waals surface area contributed by atoms with Crippen LogP contribution in [0.15, 0.2) is 30.3 Å². The lowest BCUT2D eigenvalue weighted by Crippen LogP contribution is -2.46. The van der Waals surface area contributed by atoms with Crippen LogP contribution in [0.25, 0.3) is 0 Å². The van der Waals surface area contributed by atoms with Gasteiger partial charge in [0.25, 0.3) is 5.91 Å². The van der Waals surface area contributed by atoms with Crippen molar-refractivity contribution in [3.8, 4) is 0 Å². The number of carbonyl (C=O) groups excluding carboxylic acids is 1. The van der Waals surface area contributed by atoms with Gasteiger partial charge in [0.1, 0.15) is 12.5 Å². The van der Waals surface area contributed by atoms with Crippen LogP contribution in [0.2, 0.25) is 0 Å². The van der Waals surface area contributed by atoms with Gasteiger partial charge in [-0.25, -0.2) is 5.06 Å². The van der Waals surface area contributed by atoms with Crippen LogP contribution in [-0.4, -0.2) is 22.4 Å². The summed E-state index contributed by atoms with van der Waals surface area (Å²) >= 11 is 5.56. The molecule has 1 aromatic carbocycles. The molecule has 0 aliphatic heterocycles. The molecule has 0 aliphatic carbocycles. The van der Waals surface area contributed by atoms with Crippen LogP contribution in [0.1, 0.15) is 26.3 Å². The fraction of sp³-hybridized carbons (Fsp3) is 0.462. The summed E-state index contributed by atoms with van der Waals surface area (Å²) < 4.78 is 0. The highest BCUT2D eigenvalue weighted by Gasteiger charge is 2.27. The lowest BCUT2D eigenvalue weighted by Gasteiger charge is -2.33. The minimum absolute atomic E-state index is 0.0773. The molecule has 0 aromatic heterocycles. The maximum atomic E-state index is 11.6. The average Bonchev–Trinajstić information content (AvgIpc) is 2.28. The first-order valence-electron chi connectivity index (χ1n) is 5.51. The van der Waals surface area contributed by atoms with Gasteiger partial charge in [0.05, 0.1) is 5.54 Å². The van der Waals surface area contributed by atoms with Crippen LogP contribution < -0.4 is 0 Å². The normalized spacial score (nSPS) is 11.3. The van der Waals surface area contributed by atoms with Gasteiger partial charge >= 0.3 is 0 Å². The first kappa shape index (κ1) is 14.0. The number of nitrogens with zero attached hydrogens (tertiary/aromatic N) is 1. The van der Waals surface area contributed by atoms with Gasteiger partial charge in [-0.1, -0.05) is 30.3 Å². The Morgan fingerprint density at radius 2 is 1.88 bits per heavy atom. The van der Waals surface area contributed by atoms with Crippen molar-refractivity contribution < 1.29 is 9.63 Å². The van der Waals surface area contributed by atoms with E-state index in [4.69, 9.17) is 16.4 Å². The zero-order chi connectivity index (χ0) is 12.9. The quantitative estimate of drug-likeness (QED) is 0.612. The Kier molecular flexibility index (Phi) is 4.97. The van der Waals surface area contributed by atoms with Crippen molar-refractivity contribution in [2.75, 3.05) is 5.88 Å². The first-order valence-corrected chi connectivity index (χ1v) is 6.04. The summed E-state index contributed by atoms with van der Waals surface area (Å²) in [5, 5.41) is 1.34. The number of hydroxylamine groups is 2. The highest BCUT2D eigenvalue weighted by Crippen LogP contribution is 2.16. The molecule has 4 heteroatoms. The molecular weight excluding hydrogens is 238 g/mol. The van der Waals surface area contributed by atoms with Crippen molar-refractivity contribution in [3.63, 3.8) is 0 Å². The molecule has 0 saturated carbocycles. The van der Waals surface area contributed by atoms with E-state index in [1.165, 1.54) is 5.06 Å². The number of hydrogen-bond acceptors (Lipinski definition) is 2. The molecule has 0 fully saturated rings. The van der Waals surface area contributed by atoms with Gasteiger partial charge in [-0.05, 0) is 26.3 Å². The second-order valence-corrected chi connectivity index (χ2v) is 5.02. The third kappa shape index (κ3) is 4.36. The maximum absolute atomic E-state index is 11.6. The van der Waals surface area contributed by atoms with Crippen molar-refractivity contribution in [1.29, 1.82) is 0 Å². The molecule has 0 spiro atoms. The minimum atomic E-state index is -0.402. The largest absolute Gasteiger partial charge is 0.271 e. The molecule has 0 atom stereocenters. The molecule has 1 aromatic rings. The highest BCUT2D eigenvalue weighted by molar-refractivity contribution is 6.27. The van der Waals surface area contributed by atoms with Gasteiger partial charge in [-0.2, -0.15) is 0 Å². The van der Waals surface area contributed by atoms with E-state index in [9.17, 15) is 4.79 Å². The van der Waals surface area contributed by atoms with Crippen LogP contribution in [-0.2, 0) is 16.2 Å². The minimum Gasteiger partial charge on any atom is -0.271 e. The summed E-state index contributed by atoms with van der Waals surface area (Å²) in [7, 11) is 0. The van der Waals surface area contributed by atoms with E-state index < -0.39 is 5.54 Å². The molecule has 17 heavy (non-hydrogen) atoms. The first-order chi connectivity index (χ1) is 7.95. The summed E-state index contributed by atoms with van der Waals surface area (Å²) in [6.07, 6.45) is 0. The van der Waals surface area contributed by atoms with Gasteiger partial charge in [0, 0.05) is 0 Å². The molecule has 3 nitrogen and oxygen atoms in total. The Balaban J connectivity index is 2.65. The fourth-order valence-corrected chi connectivity index (χ4v) is 1.52. The Morgan fingerprint density at radius 3 is 2.35 bits per heavy atom. The highest BCUT2D eigenvalue weighted by atomic mass is 35.5. The molecule has 0 N–H and O–H groups in total. The van der Waals surface area contributed by atoms with E-state index in [1.54, 1.807) is 0 Å². The number of halogens is 1. The van der Waals surface area contributed by atoms with Gasteiger partial charge in [-0.3, -0.25) is 9.63 Å². The monoisotopic (exact) mass is 255 g/mol. The van der Waals surface area contributed by atoms with Crippen LogP contribution in [0, 0.1) is 0 Å². The Bertz CT molecular complexity index is 359. The van der Waals surface area contributed by atoms with Crippen molar-refractivity contribution in [1.82, 2.24) is 5.06 Å². The van der Waals surface area contributed by atoms with E-state index >= 15 is 0 Å². The summed E-state index contributed by atoms with van der Waals surface area (Å²) in [5.41, 5.74) is 0.616. The Hall–Kier alpha value is -1.06. The van der Waals surface area contributed by atoms with Crippen molar-refractivity contribution in [3.05, 3.63) is 35.9 Å². The SMILES string of the molecule is CC(C)(C)N(OCc1ccccc1)C(=O)CCl. The molecule has 0 radical (unpaired) electrons.